The lowest BCUT2D eigenvalue weighted by Crippen LogP contribution is -2.41. The molecule has 0 spiro atoms. The topological polar surface area (TPSA) is 59.1 Å². The van der Waals surface area contributed by atoms with E-state index < -0.39 is 0 Å². The average Bonchev–Trinajstić information content (AvgIpc) is 3.47. The SMILES string of the molecule is COc1ccc(CCN2CC(C(=O)N(C)C(C)C3CC3)CC2=O)cc1OC. The molecule has 6 nitrogen and oxygen atoms in total. The summed E-state index contributed by atoms with van der Waals surface area (Å²) in [5.41, 5.74) is 1.08. The molecule has 1 saturated heterocycles. The highest BCUT2D eigenvalue weighted by Gasteiger charge is 2.39. The maximum Gasteiger partial charge on any atom is 0.227 e. The summed E-state index contributed by atoms with van der Waals surface area (Å²) in [7, 11) is 5.10. The Labute approximate surface area is 161 Å². The summed E-state index contributed by atoms with van der Waals surface area (Å²) in [5, 5.41) is 0. The van der Waals surface area contributed by atoms with Gasteiger partial charge in [-0.15, -0.1) is 0 Å². The van der Waals surface area contributed by atoms with Crippen LogP contribution in [-0.2, 0) is 16.0 Å². The summed E-state index contributed by atoms with van der Waals surface area (Å²) in [6, 6.07) is 6.07. The normalized spacial score (nSPS) is 20.5. The van der Waals surface area contributed by atoms with Gasteiger partial charge >= 0.3 is 0 Å². The van der Waals surface area contributed by atoms with Gasteiger partial charge in [0.05, 0.1) is 20.1 Å². The Morgan fingerprint density at radius 1 is 1.26 bits per heavy atom. The molecule has 0 radical (unpaired) electrons. The average molecular weight is 374 g/mol. The van der Waals surface area contributed by atoms with Gasteiger partial charge in [-0.2, -0.15) is 0 Å². The molecule has 1 aliphatic heterocycles. The lowest BCUT2D eigenvalue weighted by atomic mass is 10.1. The van der Waals surface area contributed by atoms with Gasteiger partial charge < -0.3 is 19.3 Å². The van der Waals surface area contributed by atoms with Crippen LogP contribution >= 0.6 is 0 Å². The van der Waals surface area contributed by atoms with Crippen LogP contribution in [0.5, 0.6) is 11.5 Å². The fourth-order valence-electron chi connectivity index (χ4n) is 3.84. The largest absolute Gasteiger partial charge is 0.493 e. The smallest absolute Gasteiger partial charge is 0.227 e. The number of benzene rings is 1. The van der Waals surface area contributed by atoms with Gasteiger partial charge in [0.1, 0.15) is 0 Å². The molecule has 6 heteroatoms. The van der Waals surface area contributed by atoms with Gasteiger partial charge in [0, 0.05) is 32.6 Å². The second kappa shape index (κ2) is 8.19. The van der Waals surface area contributed by atoms with Crippen molar-refractivity contribution in [2.45, 2.75) is 38.6 Å². The summed E-state index contributed by atoms with van der Waals surface area (Å²) in [6.07, 6.45) is 3.47. The van der Waals surface area contributed by atoms with Gasteiger partial charge in [-0.25, -0.2) is 0 Å². The van der Waals surface area contributed by atoms with Crippen LogP contribution in [0.3, 0.4) is 0 Å². The van der Waals surface area contributed by atoms with Crippen LogP contribution in [0.2, 0.25) is 0 Å². The van der Waals surface area contributed by atoms with Crippen LogP contribution in [-0.4, -0.2) is 62.0 Å². The number of amides is 2. The van der Waals surface area contributed by atoms with Crippen molar-refractivity contribution < 1.29 is 19.1 Å². The van der Waals surface area contributed by atoms with Gasteiger partial charge in [0.2, 0.25) is 11.8 Å². The zero-order valence-electron chi connectivity index (χ0n) is 16.7. The van der Waals surface area contributed by atoms with Crippen LogP contribution < -0.4 is 9.47 Å². The number of nitrogens with zero attached hydrogens (tertiary/aromatic N) is 2. The molecular formula is C21H30N2O4. The van der Waals surface area contributed by atoms with Crippen molar-refractivity contribution in [3.8, 4) is 11.5 Å². The molecule has 1 aliphatic carbocycles. The number of carbonyl (C=O) groups excluding carboxylic acids is 2. The molecule has 148 valence electrons. The molecule has 0 N–H and O–H groups in total. The van der Waals surface area contributed by atoms with E-state index in [0.717, 1.165) is 12.0 Å². The van der Waals surface area contributed by atoms with Crippen molar-refractivity contribution in [1.29, 1.82) is 0 Å². The molecule has 0 bridgehead atoms. The van der Waals surface area contributed by atoms with E-state index in [1.54, 1.807) is 14.2 Å². The highest BCUT2D eigenvalue weighted by Crippen LogP contribution is 2.35. The highest BCUT2D eigenvalue weighted by atomic mass is 16.5. The number of rotatable bonds is 8. The predicted molar refractivity (Wildman–Crippen MR) is 103 cm³/mol. The molecular weight excluding hydrogens is 344 g/mol. The number of methoxy groups -OCH3 is 2. The van der Waals surface area contributed by atoms with Crippen molar-refractivity contribution >= 4 is 11.8 Å². The van der Waals surface area contributed by atoms with Crippen molar-refractivity contribution in [2.24, 2.45) is 11.8 Å². The van der Waals surface area contributed by atoms with E-state index in [-0.39, 0.29) is 23.8 Å². The van der Waals surface area contributed by atoms with Crippen molar-refractivity contribution in [3.63, 3.8) is 0 Å². The fraction of sp³-hybridized carbons (Fsp3) is 0.619. The van der Waals surface area contributed by atoms with Crippen LogP contribution in [0, 0.1) is 11.8 Å². The number of hydrogen-bond acceptors (Lipinski definition) is 4. The van der Waals surface area contributed by atoms with Gasteiger partial charge in [0.15, 0.2) is 11.5 Å². The molecule has 27 heavy (non-hydrogen) atoms. The van der Waals surface area contributed by atoms with Gasteiger partial charge in [0.25, 0.3) is 0 Å². The lowest BCUT2D eigenvalue weighted by Gasteiger charge is -2.27. The van der Waals surface area contributed by atoms with Crippen LogP contribution in [0.25, 0.3) is 0 Å². The zero-order valence-corrected chi connectivity index (χ0v) is 16.7. The first-order chi connectivity index (χ1) is 12.9. The molecule has 2 fully saturated rings. The molecule has 0 aromatic heterocycles. The predicted octanol–water partition coefficient (Wildman–Crippen LogP) is 2.35. The number of carbonyl (C=O) groups is 2. The van der Waals surface area contributed by atoms with Crippen molar-refractivity contribution in [3.05, 3.63) is 23.8 Å². The van der Waals surface area contributed by atoms with Crippen molar-refractivity contribution in [1.82, 2.24) is 9.80 Å². The summed E-state index contributed by atoms with van der Waals surface area (Å²) < 4.78 is 10.6. The third-order valence-electron chi connectivity index (χ3n) is 5.94. The zero-order chi connectivity index (χ0) is 19.6. The molecule has 2 unspecified atom stereocenters. The maximum atomic E-state index is 12.8. The van der Waals surface area contributed by atoms with Gasteiger partial charge in [-0.3, -0.25) is 9.59 Å². The van der Waals surface area contributed by atoms with Crippen LogP contribution in [0.1, 0.15) is 31.7 Å². The minimum absolute atomic E-state index is 0.0706. The Morgan fingerprint density at radius 3 is 2.59 bits per heavy atom. The Kier molecular flexibility index (Phi) is 5.92. The van der Waals surface area contributed by atoms with E-state index >= 15 is 0 Å². The van der Waals surface area contributed by atoms with E-state index in [2.05, 4.69) is 6.92 Å². The summed E-state index contributed by atoms with van der Waals surface area (Å²) in [5.74, 6) is 1.98. The third kappa shape index (κ3) is 4.37. The van der Waals surface area contributed by atoms with E-state index in [1.165, 1.54) is 12.8 Å². The second-order valence-electron chi connectivity index (χ2n) is 7.71. The fourth-order valence-corrected chi connectivity index (χ4v) is 3.84. The second-order valence-corrected chi connectivity index (χ2v) is 7.71. The molecule has 2 amide bonds. The number of ether oxygens (including phenoxy) is 2. The molecule has 1 aromatic rings. The Bertz CT molecular complexity index is 701. The molecule has 1 aromatic carbocycles. The first-order valence-corrected chi connectivity index (χ1v) is 9.70. The monoisotopic (exact) mass is 374 g/mol. The first kappa shape index (κ1) is 19.5. The number of likely N-dealkylation sites (tertiary alicyclic amines) is 1. The first-order valence-electron chi connectivity index (χ1n) is 9.70. The minimum atomic E-state index is -0.214. The number of hydrogen-bond donors (Lipinski definition) is 0. The summed E-state index contributed by atoms with van der Waals surface area (Å²) >= 11 is 0. The third-order valence-corrected chi connectivity index (χ3v) is 5.94. The van der Waals surface area contributed by atoms with Crippen LogP contribution in [0.4, 0.5) is 0 Å². The van der Waals surface area contributed by atoms with Gasteiger partial charge in [-0.1, -0.05) is 6.07 Å². The minimum Gasteiger partial charge on any atom is -0.493 e. The Morgan fingerprint density at radius 2 is 1.96 bits per heavy atom. The van der Waals surface area contributed by atoms with E-state index in [1.807, 2.05) is 35.0 Å². The van der Waals surface area contributed by atoms with E-state index in [9.17, 15) is 9.59 Å². The molecule has 1 heterocycles. The summed E-state index contributed by atoms with van der Waals surface area (Å²) in [4.78, 5) is 28.8. The lowest BCUT2D eigenvalue weighted by molar-refractivity contribution is -0.136. The molecule has 2 aliphatic rings. The molecule has 3 rings (SSSR count). The molecule has 2 atom stereocenters. The Balaban J connectivity index is 1.55. The summed E-state index contributed by atoms with van der Waals surface area (Å²) in [6.45, 7) is 3.24. The maximum absolute atomic E-state index is 12.8. The standard InChI is InChI=1S/C21H30N2O4/c1-14(16-6-7-16)22(2)21(25)17-12-20(24)23(13-17)10-9-15-5-8-18(26-3)19(11-15)27-4/h5,8,11,14,16-17H,6-7,9-10,12-13H2,1-4H3. The van der Waals surface area contributed by atoms with E-state index in [0.29, 0.717) is 36.9 Å². The molecule has 1 saturated carbocycles. The van der Waals surface area contributed by atoms with Crippen LogP contribution in [0.15, 0.2) is 18.2 Å². The highest BCUT2D eigenvalue weighted by molar-refractivity contribution is 5.89. The Hall–Kier alpha value is -2.24. The quantitative estimate of drug-likeness (QED) is 0.701. The van der Waals surface area contributed by atoms with E-state index in [4.69, 9.17) is 9.47 Å². The van der Waals surface area contributed by atoms with Gasteiger partial charge in [-0.05, 0) is 49.8 Å². The van der Waals surface area contributed by atoms with Crippen molar-refractivity contribution in [2.75, 3.05) is 34.4 Å².